The number of rotatable bonds is 4. The van der Waals surface area contributed by atoms with Crippen molar-refractivity contribution in [3.8, 4) is 0 Å². The Hall–Kier alpha value is -2.21. The Morgan fingerprint density at radius 2 is 1.91 bits per heavy atom. The smallest absolute Gasteiger partial charge is 0.279 e. The standard InChI is InChI=1S/C17H21N3O2S/c1-5-18-15(21)13(4)20-12(3)10-23-17(20)19-16(22)14-8-6-11(2)7-9-14/h6-10,13H,5H2,1-4H3,(H,18,21). The molecule has 23 heavy (non-hydrogen) atoms. The number of nitrogens with zero attached hydrogens (tertiary/aromatic N) is 2. The largest absolute Gasteiger partial charge is 0.355 e. The van der Waals surface area contributed by atoms with Crippen molar-refractivity contribution in [2.75, 3.05) is 6.54 Å². The lowest BCUT2D eigenvalue weighted by Crippen LogP contribution is -2.35. The third kappa shape index (κ3) is 3.96. The van der Waals surface area contributed by atoms with Gasteiger partial charge in [-0.05, 0) is 39.8 Å². The van der Waals surface area contributed by atoms with E-state index in [2.05, 4.69) is 10.3 Å². The Morgan fingerprint density at radius 3 is 2.52 bits per heavy atom. The fourth-order valence-electron chi connectivity index (χ4n) is 2.24. The predicted octanol–water partition coefficient (Wildman–Crippen LogP) is 2.60. The summed E-state index contributed by atoms with van der Waals surface area (Å²) in [6.07, 6.45) is 0. The Morgan fingerprint density at radius 1 is 1.26 bits per heavy atom. The highest BCUT2D eigenvalue weighted by Crippen LogP contribution is 2.11. The normalized spacial score (nSPS) is 13.0. The number of amides is 2. The van der Waals surface area contributed by atoms with Gasteiger partial charge in [-0.2, -0.15) is 4.99 Å². The van der Waals surface area contributed by atoms with Gasteiger partial charge in [0, 0.05) is 23.2 Å². The summed E-state index contributed by atoms with van der Waals surface area (Å²) in [5.41, 5.74) is 2.54. The van der Waals surface area contributed by atoms with Gasteiger partial charge in [-0.25, -0.2) is 0 Å². The van der Waals surface area contributed by atoms with Crippen LogP contribution in [0.15, 0.2) is 34.6 Å². The third-order valence-corrected chi connectivity index (χ3v) is 4.49. The lowest BCUT2D eigenvalue weighted by atomic mass is 10.1. The first-order chi connectivity index (χ1) is 10.9. The van der Waals surface area contributed by atoms with Crippen molar-refractivity contribution >= 4 is 23.2 Å². The van der Waals surface area contributed by atoms with E-state index in [1.54, 1.807) is 23.6 Å². The molecule has 1 heterocycles. The molecule has 0 saturated heterocycles. The Kier molecular flexibility index (Phi) is 5.50. The average molecular weight is 331 g/mol. The molecule has 0 spiro atoms. The summed E-state index contributed by atoms with van der Waals surface area (Å²) >= 11 is 1.36. The van der Waals surface area contributed by atoms with E-state index < -0.39 is 6.04 Å². The quantitative estimate of drug-likeness (QED) is 0.936. The van der Waals surface area contributed by atoms with Gasteiger partial charge < -0.3 is 9.88 Å². The van der Waals surface area contributed by atoms with Crippen LogP contribution in [-0.4, -0.2) is 22.9 Å². The van der Waals surface area contributed by atoms with Crippen LogP contribution in [0.4, 0.5) is 0 Å². The van der Waals surface area contributed by atoms with E-state index in [9.17, 15) is 9.59 Å². The minimum absolute atomic E-state index is 0.0850. The van der Waals surface area contributed by atoms with Crippen LogP contribution in [0.5, 0.6) is 0 Å². The molecule has 0 radical (unpaired) electrons. The van der Waals surface area contributed by atoms with Crippen LogP contribution in [0, 0.1) is 13.8 Å². The number of thiazole rings is 1. The molecule has 0 saturated carbocycles. The van der Waals surface area contributed by atoms with Crippen molar-refractivity contribution in [2.24, 2.45) is 4.99 Å². The summed E-state index contributed by atoms with van der Waals surface area (Å²) in [4.78, 5) is 29.2. The monoisotopic (exact) mass is 331 g/mol. The minimum Gasteiger partial charge on any atom is -0.355 e. The fourth-order valence-corrected chi connectivity index (χ4v) is 3.18. The van der Waals surface area contributed by atoms with Gasteiger partial charge >= 0.3 is 0 Å². The van der Waals surface area contributed by atoms with Crippen molar-refractivity contribution in [3.63, 3.8) is 0 Å². The molecule has 1 unspecified atom stereocenters. The zero-order chi connectivity index (χ0) is 17.0. The molecule has 122 valence electrons. The highest BCUT2D eigenvalue weighted by molar-refractivity contribution is 7.07. The molecule has 0 aliphatic heterocycles. The summed E-state index contributed by atoms with van der Waals surface area (Å²) in [5.74, 6) is -0.387. The van der Waals surface area contributed by atoms with Gasteiger partial charge in [0.05, 0.1) is 0 Å². The highest BCUT2D eigenvalue weighted by Gasteiger charge is 2.17. The summed E-state index contributed by atoms with van der Waals surface area (Å²) in [6.45, 7) is 8.13. The first-order valence-corrected chi connectivity index (χ1v) is 8.42. The first-order valence-electron chi connectivity index (χ1n) is 7.54. The Labute approximate surface area is 139 Å². The van der Waals surface area contributed by atoms with Gasteiger partial charge in [0.2, 0.25) is 5.91 Å². The van der Waals surface area contributed by atoms with Crippen LogP contribution in [0.2, 0.25) is 0 Å². The number of carbonyl (C=O) groups is 2. The highest BCUT2D eigenvalue weighted by atomic mass is 32.1. The van der Waals surface area contributed by atoms with Gasteiger partial charge in [-0.15, -0.1) is 11.3 Å². The number of carbonyl (C=O) groups excluding carboxylic acids is 2. The second-order valence-corrected chi connectivity index (χ2v) is 6.22. The molecule has 1 atom stereocenters. The fraction of sp³-hybridized carbons (Fsp3) is 0.353. The summed E-state index contributed by atoms with van der Waals surface area (Å²) in [7, 11) is 0. The van der Waals surface area contributed by atoms with Crippen molar-refractivity contribution in [1.29, 1.82) is 0 Å². The number of aryl methyl sites for hydroxylation is 2. The van der Waals surface area contributed by atoms with E-state index in [0.29, 0.717) is 16.9 Å². The molecule has 0 bridgehead atoms. The van der Waals surface area contributed by atoms with Crippen molar-refractivity contribution < 1.29 is 9.59 Å². The van der Waals surface area contributed by atoms with Gasteiger partial charge in [-0.1, -0.05) is 17.7 Å². The summed E-state index contributed by atoms with van der Waals surface area (Å²) < 4.78 is 1.79. The topological polar surface area (TPSA) is 63.5 Å². The molecular formula is C17H21N3O2S. The van der Waals surface area contributed by atoms with Crippen molar-refractivity contribution in [2.45, 2.75) is 33.7 Å². The second-order valence-electron chi connectivity index (χ2n) is 5.38. The molecule has 1 aromatic carbocycles. The van der Waals surface area contributed by atoms with Crippen LogP contribution in [0.25, 0.3) is 0 Å². The molecule has 5 nitrogen and oxygen atoms in total. The Bertz CT molecular complexity index is 772. The number of aromatic nitrogens is 1. The molecule has 2 rings (SSSR count). The van der Waals surface area contributed by atoms with Crippen molar-refractivity contribution in [3.05, 3.63) is 51.3 Å². The molecule has 0 aliphatic carbocycles. The molecule has 1 aromatic heterocycles. The van der Waals surface area contributed by atoms with Crippen LogP contribution < -0.4 is 10.1 Å². The van der Waals surface area contributed by atoms with Gasteiger partial charge in [0.25, 0.3) is 5.91 Å². The summed E-state index contributed by atoms with van der Waals surface area (Å²) in [5, 5.41) is 4.70. The van der Waals surface area contributed by atoms with E-state index in [-0.39, 0.29) is 11.8 Å². The molecule has 6 heteroatoms. The summed E-state index contributed by atoms with van der Waals surface area (Å²) in [6, 6.07) is 6.88. The SMILES string of the molecule is CCNC(=O)C(C)n1c(C)csc1=NC(=O)c1ccc(C)cc1. The van der Waals surface area contributed by atoms with Crippen molar-refractivity contribution in [1.82, 2.24) is 9.88 Å². The maximum absolute atomic E-state index is 12.3. The van der Waals surface area contributed by atoms with Crippen LogP contribution in [-0.2, 0) is 4.79 Å². The van der Waals surface area contributed by atoms with E-state index >= 15 is 0 Å². The predicted molar refractivity (Wildman–Crippen MR) is 91.5 cm³/mol. The number of hydrogen-bond donors (Lipinski definition) is 1. The van der Waals surface area contributed by atoms with E-state index in [0.717, 1.165) is 11.3 Å². The molecule has 2 amide bonds. The number of hydrogen-bond acceptors (Lipinski definition) is 3. The lowest BCUT2D eigenvalue weighted by molar-refractivity contribution is -0.123. The van der Waals surface area contributed by atoms with E-state index in [1.165, 1.54) is 11.3 Å². The van der Waals surface area contributed by atoms with Gasteiger partial charge in [0.15, 0.2) is 4.80 Å². The van der Waals surface area contributed by atoms with Crippen LogP contribution in [0.1, 0.15) is 41.5 Å². The zero-order valence-electron chi connectivity index (χ0n) is 13.8. The number of benzene rings is 1. The second kappa shape index (κ2) is 7.37. The third-order valence-electron chi connectivity index (χ3n) is 3.53. The average Bonchev–Trinajstić information content (AvgIpc) is 2.88. The number of nitrogens with one attached hydrogen (secondary N) is 1. The number of likely N-dealkylation sites (N-methyl/N-ethyl adjacent to an activating group) is 1. The maximum Gasteiger partial charge on any atom is 0.279 e. The van der Waals surface area contributed by atoms with Gasteiger partial charge in [0.1, 0.15) is 6.04 Å². The zero-order valence-corrected chi connectivity index (χ0v) is 14.6. The molecular weight excluding hydrogens is 310 g/mol. The van der Waals surface area contributed by atoms with Crippen LogP contribution in [0.3, 0.4) is 0 Å². The van der Waals surface area contributed by atoms with E-state index in [4.69, 9.17) is 0 Å². The maximum atomic E-state index is 12.3. The lowest BCUT2D eigenvalue weighted by Gasteiger charge is -2.14. The molecule has 0 aliphatic rings. The van der Waals surface area contributed by atoms with E-state index in [1.807, 2.05) is 38.3 Å². The minimum atomic E-state index is -0.411. The molecule has 0 fully saturated rings. The Balaban J connectivity index is 2.38. The van der Waals surface area contributed by atoms with Crippen LogP contribution >= 0.6 is 11.3 Å². The first kappa shape index (κ1) is 17.1. The molecule has 1 N–H and O–H groups in total. The molecule has 2 aromatic rings. The van der Waals surface area contributed by atoms with Gasteiger partial charge in [-0.3, -0.25) is 9.59 Å².